The molecule has 1 heterocycles. The Labute approximate surface area is 130 Å². The van der Waals surface area contributed by atoms with Gasteiger partial charge in [-0.1, -0.05) is 23.7 Å². The van der Waals surface area contributed by atoms with Crippen LogP contribution in [0.5, 0.6) is 5.75 Å². The molecule has 0 fully saturated rings. The van der Waals surface area contributed by atoms with E-state index in [0.717, 1.165) is 35.4 Å². The Morgan fingerprint density at radius 2 is 2.19 bits per heavy atom. The summed E-state index contributed by atoms with van der Waals surface area (Å²) in [5, 5.41) is 4.99. The van der Waals surface area contributed by atoms with E-state index in [0.29, 0.717) is 5.15 Å². The van der Waals surface area contributed by atoms with Gasteiger partial charge in [-0.15, -0.1) is 0 Å². The molecule has 21 heavy (non-hydrogen) atoms. The van der Waals surface area contributed by atoms with Crippen LogP contribution < -0.4 is 16.0 Å². The third-order valence-electron chi connectivity index (χ3n) is 3.57. The molecule has 1 aromatic carbocycles. The Kier molecular flexibility index (Phi) is 5.22. The van der Waals surface area contributed by atoms with Gasteiger partial charge in [0, 0.05) is 18.7 Å². The summed E-state index contributed by atoms with van der Waals surface area (Å²) in [6, 6.07) is 8.06. The van der Waals surface area contributed by atoms with Crippen LogP contribution in [0.25, 0.3) is 0 Å². The number of nitrogens with two attached hydrogens (primary N) is 1. The molecule has 0 saturated heterocycles. The van der Waals surface area contributed by atoms with E-state index < -0.39 is 0 Å². The van der Waals surface area contributed by atoms with Crippen molar-refractivity contribution in [1.29, 1.82) is 0 Å². The summed E-state index contributed by atoms with van der Waals surface area (Å²) in [6.07, 6.45) is 1.52. The second-order valence-electron chi connectivity index (χ2n) is 5.10. The van der Waals surface area contributed by atoms with Crippen molar-refractivity contribution in [3.05, 3.63) is 46.2 Å². The van der Waals surface area contributed by atoms with Crippen LogP contribution in [0.1, 0.15) is 16.8 Å². The van der Waals surface area contributed by atoms with Crippen LogP contribution in [-0.4, -0.2) is 22.9 Å². The zero-order valence-electron chi connectivity index (χ0n) is 12.6. The molecule has 6 heteroatoms. The highest BCUT2D eigenvalue weighted by Gasteiger charge is 2.17. The normalized spacial score (nSPS) is 12.4. The third-order valence-corrected chi connectivity index (χ3v) is 4.05. The van der Waals surface area contributed by atoms with Crippen molar-refractivity contribution in [2.45, 2.75) is 25.8 Å². The average Bonchev–Trinajstić information content (AvgIpc) is 2.73. The molecule has 2 rings (SSSR count). The van der Waals surface area contributed by atoms with Gasteiger partial charge in [0.1, 0.15) is 10.9 Å². The smallest absolute Gasteiger partial charge is 0.130 e. The number of nitrogens with one attached hydrogen (secondary N) is 1. The highest BCUT2D eigenvalue weighted by Crippen LogP contribution is 2.22. The van der Waals surface area contributed by atoms with Crippen molar-refractivity contribution in [3.8, 4) is 5.75 Å². The maximum absolute atomic E-state index is 6.28. The van der Waals surface area contributed by atoms with Gasteiger partial charge < -0.3 is 4.74 Å². The molecule has 0 saturated carbocycles. The lowest BCUT2D eigenvalue weighted by molar-refractivity contribution is 0.413. The summed E-state index contributed by atoms with van der Waals surface area (Å²) in [4.78, 5) is 0. The average molecular weight is 309 g/mol. The fraction of sp³-hybridized carbons (Fsp3) is 0.400. The molecule has 0 aliphatic carbocycles. The molecule has 1 unspecified atom stereocenters. The Balaban J connectivity index is 2.13. The number of benzene rings is 1. The largest absolute Gasteiger partial charge is 0.497 e. The number of methoxy groups -OCH3 is 1. The van der Waals surface area contributed by atoms with Gasteiger partial charge in [0.2, 0.25) is 0 Å². The van der Waals surface area contributed by atoms with Crippen LogP contribution in [0.15, 0.2) is 24.3 Å². The van der Waals surface area contributed by atoms with Crippen molar-refractivity contribution < 1.29 is 4.74 Å². The number of hydrogen-bond acceptors (Lipinski definition) is 4. The topological polar surface area (TPSA) is 65.1 Å². The molecule has 0 aliphatic heterocycles. The van der Waals surface area contributed by atoms with Crippen molar-refractivity contribution in [1.82, 2.24) is 15.2 Å². The number of aryl methyl sites for hydroxylation is 2. The van der Waals surface area contributed by atoms with Crippen LogP contribution in [0, 0.1) is 6.92 Å². The summed E-state index contributed by atoms with van der Waals surface area (Å²) in [5.41, 5.74) is 6.00. The van der Waals surface area contributed by atoms with Gasteiger partial charge in [0.05, 0.1) is 12.8 Å². The van der Waals surface area contributed by atoms with Crippen LogP contribution in [0.4, 0.5) is 0 Å². The van der Waals surface area contributed by atoms with Gasteiger partial charge in [-0.3, -0.25) is 16.0 Å². The second kappa shape index (κ2) is 6.93. The number of nitrogens with zero attached hydrogens (tertiary/aromatic N) is 2. The molecule has 2 aromatic rings. The first-order chi connectivity index (χ1) is 10.0. The molecule has 0 radical (unpaired) electrons. The zero-order chi connectivity index (χ0) is 15.4. The molecule has 1 aromatic heterocycles. The van der Waals surface area contributed by atoms with E-state index in [1.807, 2.05) is 32.2 Å². The van der Waals surface area contributed by atoms with Crippen LogP contribution >= 0.6 is 11.6 Å². The maximum atomic E-state index is 6.28. The Bertz CT molecular complexity index is 612. The summed E-state index contributed by atoms with van der Waals surface area (Å²) in [7, 11) is 3.50. The molecule has 5 nitrogen and oxygen atoms in total. The van der Waals surface area contributed by atoms with Gasteiger partial charge in [-0.25, -0.2) is 0 Å². The van der Waals surface area contributed by atoms with E-state index in [1.165, 1.54) is 0 Å². The Morgan fingerprint density at radius 3 is 2.76 bits per heavy atom. The zero-order valence-corrected chi connectivity index (χ0v) is 13.3. The molecule has 114 valence electrons. The van der Waals surface area contributed by atoms with Crippen molar-refractivity contribution >= 4 is 11.6 Å². The van der Waals surface area contributed by atoms with E-state index in [9.17, 15) is 0 Å². The fourth-order valence-corrected chi connectivity index (χ4v) is 2.68. The maximum Gasteiger partial charge on any atom is 0.130 e. The first-order valence-corrected chi connectivity index (χ1v) is 7.20. The van der Waals surface area contributed by atoms with Gasteiger partial charge in [0.25, 0.3) is 0 Å². The molecule has 0 spiro atoms. The molecule has 3 N–H and O–H groups in total. The van der Waals surface area contributed by atoms with Crippen molar-refractivity contribution in [2.24, 2.45) is 12.9 Å². The van der Waals surface area contributed by atoms with Crippen LogP contribution in [0.2, 0.25) is 5.15 Å². The number of hydrogen-bond donors (Lipinski definition) is 2. The van der Waals surface area contributed by atoms with E-state index in [2.05, 4.69) is 16.6 Å². The minimum Gasteiger partial charge on any atom is -0.497 e. The van der Waals surface area contributed by atoms with Crippen LogP contribution in [-0.2, 0) is 19.9 Å². The Morgan fingerprint density at radius 1 is 1.43 bits per heavy atom. The minimum atomic E-state index is 0.0810. The van der Waals surface area contributed by atoms with Gasteiger partial charge >= 0.3 is 0 Å². The predicted octanol–water partition coefficient (Wildman–Crippen LogP) is 2.01. The lowest BCUT2D eigenvalue weighted by Crippen LogP contribution is -2.38. The molecular formula is C15H21ClN4O. The van der Waals surface area contributed by atoms with E-state index in [4.69, 9.17) is 22.2 Å². The van der Waals surface area contributed by atoms with E-state index >= 15 is 0 Å². The number of hydrazine groups is 1. The van der Waals surface area contributed by atoms with Crippen molar-refractivity contribution in [2.75, 3.05) is 7.11 Å². The summed E-state index contributed by atoms with van der Waals surface area (Å²) < 4.78 is 6.93. The summed E-state index contributed by atoms with van der Waals surface area (Å²) >= 11 is 6.28. The summed E-state index contributed by atoms with van der Waals surface area (Å²) in [5.74, 6) is 6.54. The summed E-state index contributed by atoms with van der Waals surface area (Å²) in [6.45, 7) is 1.96. The van der Waals surface area contributed by atoms with Crippen LogP contribution in [0.3, 0.4) is 0 Å². The Hall–Kier alpha value is -1.56. The number of rotatable bonds is 6. The fourth-order valence-electron chi connectivity index (χ4n) is 2.43. The third kappa shape index (κ3) is 3.75. The lowest BCUT2D eigenvalue weighted by Gasteiger charge is -2.16. The predicted molar refractivity (Wildman–Crippen MR) is 84.5 cm³/mol. The van der Waals surface area contributed by atoms with E-state index in [1.54, 1.807) is 11.8 Å². The first kappa shape index (κ1) is 15.8. The molecule has 0 amide bonds. The van der Waals surface area contributed by atoms with Gasteiger partial charge in [-0.2, -0.15) is 5.10 Å². The standard InChI is InChI=1S/C15H21ClN4O/c1-10-14(15(16)20(2)19-10)9-12(18-17)7-11-5-4-6-13(8-11)21-3/h4-6,8,12,18H,7,9,17H2,1-3H3. The number of aromatic nitrogens is 2. The second-order valence-corrected chi connectivity index (χ2v) is 5.46. The molecule has 0 aliphatic rings. The number of halogens is 1. The first-order valence-electron chi connectivity index (χ1n) is 6.82. The highest BCUT2D eigenvalue weighted by atomic mass is 35.5. The van der Waals surface area contributed by atoms with Gasteiger partial charge in [-0.05, 0) is 37.5 Å². The monoisotopic (exact) mass is 308 g/mol. The minimum absolute atomic E-state index is 0.0810. The van der Waals surface area contributed by atoms with Crippen molar-refractivity contribution in [3.63, 3.8) is 0 Å². The SMILES string of the molecule is COc1cccc(CC(Cc2c(C)nn(C)c2Cl)NN)c1. The number of ether oxygens (including phenoxy) is 1. The quantitative estimate of drug-likeness (QED) is 0.633. The highest BCUT2D eigenvalue weighted by molar-refractivity contribution is 6.30. The van der Waals surface area contributed by atoms with Gasteiger partial charge in [0.15, 0.2) is 0 Å². The molecular weight excluding hydrogens is 288 g/mol. The van der Waals surface area contributed by atoms with E-state index in [-0.39, 0.29) is 6.04 Å². The molecule has 0 bridgehead atoms. The molecule has 1 atom stereocenters. The lowest BCUT2D eigenvalue weighted by atomic mass is 10.00.